The lowest BCUT2D eigenvalue weighted by atomic mass is 10.0. The third kappa shape index (κ3) is 6.29. The van der Waals surface area contributed by atoms with E-state index in [0.29, 0.717) is 35.5 Å². The van der Waals surface area contributed by atoms with Crippen LogP contribution in [0, 0.1) is 0 Å². The zero-order valence-electron chi connectivity index (χ0n) is 21.5. The Labute approximate surface area is 248 Å². The summed E-state index contributed by atoms with van der Waals surface area (Å²) in [7, 11) is 0. The number of aromatic carboxylic acids is 1. The van der Waals surface area contributed by atoms with Crippen molar-refractivity contribution in [3.8, 4) is 5.75 Å². The largest absolute Gasteiger partial charge is 0.486 e. The number of halogens is 2. The number of carbonyl (C=O) groups is 1. The second-order valence-electron chi connectivity index (χ2n) is 9.82. The molecular formula is C29H28Cl2N4O4S. The summed E-state index contributed by atoms with van der Waals surface area (Å²) in [6.45, 7) is 4.09. The number of imidazole rings is 1. The molecule has 0 radical (unpaired) electrons. The fourth-order valence-corrected chi connectivity index (χ4v) is 5.30. The van der Waals surface area contributed by atoms with Gasteiger partial charge in [-0.3, -0.25) is 9.88 Å². The molecule has 2 aromatic heterocycles. The summed E-state index contributed by atoms with van der Waals surface area (Å²) >= 11 is 12.2. The van der Waals surface area contributed by atoms with Gasteiger partial charge in [-0.15, -0.1) is 0 Å². The molecule has 4 aromatic rings. The van der Waals surface area contributed by atoms with E-state index in [0.717, 1.165) is 54.2 Å². The van der Waals surface area contributed by atoms with Crippen LogP contribution in [0.25, 0.3) is 17.1 Å². The molecule has 0 aliphatic carbocycles. The zero-order valence-corrected chi connectivity index (χ0v) is 24.0. The Morgan fingerprint density at radius 2 is 1.98 bits per heavy atom. The highest BCUT2D eigenvalue weighted by atomic mass is 35.5. The summed E-state index contributed by atoms with van der Waals surface area (Å²) in [5.74, 6) is 0.546. The molecule has 0 saturated carbocycles. The molecule has 6 rings (SSSR count). The highest BCUT2D eigenvalue weighted by Gasteiger charge is 2.26. The number of benzene rings is 2. The van der Waals surface area contributed by atoms with Crippen LogP contribution in [0.2, 0.25) is 10.0 Å². The lowest BCUT2D eigenvalue weighted by molar-refractivity contribution is -0.0592. The van der Waals surface area contributed by atoms with Crippen LogP contribution < -0.4 is 4.74 Å². The average molecular weight is 600 g/mol. The van der Waals surface area contributed by atoms with Crippen molar-refractivity contribution >= 4 is 59.8 Å². The molecule has 0 amide bonds. The molecule has 8 nitrogen and oxygen atoms in total. The number of nitrogens with zero attached hydrogens (tertiary/aromatic N) is 4. The van der Waals surface area contributed by atoms with Crippen LogP contribution in [-0.4, -0.2) is 56.3 Å². The number of aromatic nitrogens is 3. The smallest absolute Gasteiger partial charge is 0.335 e. The topological polar surface area (TPSA) is 89.7 Å². The monoisotopic (exact) mass is 598 g/mol. The van der Waals surface area contributed by atoms with Gasteiger partial charge in [0.05, 0.1) is 46.5 Å². The summed E-state index contributed by atoms with van der Waals surface area (Å²) in [5.41, 5.74) is 5.08. The van der Waals surface area contributed by atoms with E-state index in [9.17, 15) is 9.90 Å². The molecule has 40 heavy (non-hydrogen) atoms. The predicted octanol–water partition coefficient (Wildman–Crippen LogP) is 5.82. The molecule has 2 fully saturated rings. The Kier molecular flexibility index (Phi) is 8.68. The molecular weight excluding hydrogens is 571 g/mol. The van der Waals surface area contributed by atoms with Crippen molar-refractivity contribution < 1.29 is 19.4 Å². The van der Waals surface area contributed by atoms with Crippen LogP contribution in [0.5, 0.6) is 5.75 Å². The van der Waals surface area contributed by atoms with Crippen LogP contribution >= 0.6 is 36.7 Å². The van der Waals surface area contributed by atoms with Gasteiger partial charge in [0.1, 0.15) is 18.2 Å². The van der Waals surface area contributed by atoms with Gasteiger partial charge in [-0.1, -0.05) is 29.3 Å². The van der Waals surface area contributed by atoms with E-state index in [2.05, 4.69) is 20.5 Å². The Hall–Kier alpha value is -3.08. The number of carboxylic acids is 1. The van der Waals surface area contributed by atoms with Crippen molar-refractivity contribution in [2.45, 2.75) is 32.2 Å². The highest BCUT2D eigenvalue weighted by molar-refractivity contribution is 7.59. The van der Waals surface area contributed by atoms with Crippen molar-refractivity contribution in [1.29, 1.82) is 0 Å². The van der Waals surface area contributed by atoms with E-state index in [-0.39, 0.29) is 25.2 Å². The fourth-order valence-electron chi connectivity index (χ4n) is 4.84. The first-order valence-corrected chi connectivity index (χ1v) is 13.5. The molecule has 2 aromatic carbocycles. The number of likely N-dealkylation sites (tertiary alicyclic amines) is 1. The van der Waals surface area contributed by atoms with Gasteiger partial charge in [-0.2, -0.15) is 13.5 Å². The minimum Gasteiger partial charge on any atom is -0.486 e. The third-order valence-electron chi connectivity index (χ3n) is 6.95. The van der Waals surface area contributed by atoms with Gasteiger partial charge in [0.2, 0.25) is 0 Å². The molecule has 0 unspecified atom stereocenters. The molecule has 1 atom stereocenters. The molecule has 208 valence electrons. The number of rotatable bonds is 9. The number of hydrogen-bond acceptors (Lipinski definition) is 6. The Bertz CT molecular complexity index is 1580. The van der Waals surface area contributed by atoms with Crippen molar-refractivity contribution in [1.82, 2.24) is 19.4 Å². The maximum absolute atomic E-state index is 11.5. The summed E-state index contributed by atoms with van der Waals surface area (Å²) < 4.78 is 13.6. The lowest BCUT2D eigenvalue weighted by Gasteiger charge is -2.34. The van der Waals surface area contributed by atoms with Crippen molar-refractivity contribution in [3.63, 3.8) is 0 Å². The number of fused-ring (bicyclic) bond motifs is 1. The maximum atomic E-state index is 11.5. The average Bonchev–Trinajstić information content (AvgIpc) is 3.20. The number of hydrogen-bond donors (Lipinski definition) is 1. The summed E-state index contributed by atoms with van der Waals surface area (Å²) in [4.78, 5) is 23.1. The second kappa shape index (κ2) is 12.2. The first-order chi connectivity index (χ1) is 18.9. The SMILES string of the molecule is O=C(O)c1ccc2nc(CN3CC(=Cc4ccnc(COc5ccc(Cl)cc5Cl)c4)C3)n(C[C@@H]3CCO3)c2c1.S. The van der Waals surface area contributed by atoms with E-state index < -0.39 is 5.97 Å². The van der Waals surface area contributed by atoms with Gasteiger partial charge in [-0.25, -0.2) is 9.78 Å². The molecule has 11 heteroatoms. The minimum atomic E-state index is -0.941. The van der Waals surface area contributed by atoms with Crippen LogP contribution in [-0.2, 0) is 24.4 Å². The molecule has 1 N–H and O–H groups in total. The van der Waals surface area contributed by atoms with Crippen LogP contribution in [0.15, 0.2) is 60.3 Å². The Morgan fingerprint density at radius 3 is 2.70 bits per heavy atom. The third-order valence-corrected chi connectivity index (χ3v) is 7.48. The van der Waals surface area contributed by atoms with E-state index >= 15 is 0 Å². The second-order valence-corrected chi connectivity index (χ2v) is 10.7. The quantitative estimate of drug-likeness (QED) is 0.260. The number of carboxylic acid groups (broad SMARTS) is 1. The Balaban J connectivity index is 0.00000323. The summed E-state index contributed by atoms with van der Waals surface area (Å²) in [6.07, 6.45) is 5.10. The number of pyridine rings is 1. The van der Waals surface area contributed by atoms with Crippen LogP contribution in [0.3, 0.4) is 0 Å². The van der Waals surface area contributed by atoms with Crippen molar-refractivity contribution in [2.75, 3.05) is 19.7 Å². The van der Waals surface area contributed by atoms with Gasteiger partial charge >= 0.3 is 5.97 Å². The van der Waals surface area contributed by atoms with E-state index in [1.165, 1.54) is 5.57 Å². The van der Waals surface area contributed by atoms with E-state index in [4.69, 9.17) is 37.7 Å². The molecule has 0 bridgehead atoms. The van der Waals surface area contributed by atoms with Crippen molar-refractivity contribution in [3.05, 3.63) is 93.0 Å². The molecule has 2 saturated heterocycles. The molecule has 0 spiro atoms. The standard InChI is InChI=1S/C29H26Cl2N4O4.H2S/c30-21-2-4-27(24(31)12-21)39-17-22-10-18(5-7-32-22)9-19-13-34(14-19)16-28-33-25-3-1-20(29(36)37)11-26(25)35(28)15-23-6-8-38-23;/h1-5,7,9-12,23H,6,8,13-17H2,(H,36,37);1H2/t23-;/m0./s1. The molecule has 4 heterocycles. The fraction of sp³-hybridized carbons (Fsp3) is 0.276. The van der Waals surface area contributed by atoms with Crippen molar-refractivity contribution in [2.24, 2.45) is 0 Å². The first kappa shape index (κ1) is 28.4. The zero-order chi connectivity index (χ0) is 26.9. The van der Waals surface area contributed by atoms with E-state index in [1.807, 2.05) is 12.1 Å². The predicted molar refractivity (Wildman–Crippen MR) is 160 cm³/mol. The maximum Gasteiger partial charge on any atom is 0.335 e. The summed E-state index contributed by atoms with van der Waals surface area (Å²) in [6, 6.07) is 14.2. The molecule has 2 aliphatic rings. The molecule has 2 aliphatic heterocycles. The number of ether oxygens (including phenoxy) is 2. The van der Waals surface area contributed by atoms with Gasteiger partial charge in [0.15, 0.2) is 0 Å². The minimum absolute atomic E-state index is 0. The van der Waals surface area contributed by atoms with Crippen LogP contribution in [0.4, 0.5) is 0 Å². The van der Waals surface area contributed by atoms with Crippen LogP contribution in [0.1, 0.15) is 33.9 Å². The highest BCUT2D eigenvalue weighted by Crippen LogP contribution is 2.29. The lowest BCUT2D eigenvalue weighted by Crippen LogP contribution is -2.40. The van der Waals surface area contributed by atoms with Gasteiger partial charge in [0, 0.05) is 30.9 Å². The van der Waals surface area contributed by atoms with E-state index in [1.54, 1.807) is 42.6 Å². The normalized spacial score (nSPS) is 16.6. The van der Waals surface area contributed by atoms with Gasteiger partial charge in [-0.05, 0) is 66.1 Å². The summed E-state index contributed by atoms with van der Waals surface area (Å²) in [5, 5.41) is 10.5. The Morgan fingerprint density at radius 1 is 1.15 bits per heavy atom. The van der Waals surface area contributed by atoms with Gasteiger partial charge < -0.3 is 19.1 Å². The van der Waals surface area contributed by atoms with Gasteiger partial charge in [0.25, 0.3) is 0 Å². The first-order valence-electron chi connectivity index (χ1n) is 12.7.